The van der Waals surface area contributed by atoms with Gasteiger partial charge in [0, 0.05) is 17.8 Å². The summed E-state index contributed by atoms with van der Waals surface area (Å²) in [5, 5.41) is 5.34. The number of anilines is 2. The molecule has 0 spiro atoms. The number of piperidine rings is 1. The van der Waals surface area contributed by atoms with Crippen molar-refractivity contribution in [3.63, 3.8) is 0 Å². The van der Waals surface area contributed by atoms with E-state index in [-0.39, 0.29) is 34.8 Å². The van der Waals surface area contributed by atoms with Gasteiger partial charge in [-0.15, -0.1) is 17.0 Å². The Morgan fingerprint density at radius 3 is 2.76 bits per heavy atom. The number of halogens is 1. The van der Waals surface area contributed by atoms with Crippen LogP contribution in [-0.2, 0) is 9.59 Å². The lowest BCUT2D eigenvalue weighted by Crippen LogP contribution is -2.47. The average molecular weight is 300 g/mol. The number of hydrogen-bond acceptors (Lipinski definition) is 4. The molecule has 1 saturated heterocycles. The molecule has 17 heavy (non-hydrogen) atoms. The molecule has 2 rings (SSSR count). The smallest absolute Gasteiger partial charge is 0.249 e. The van der Waals surface area contributed by atoms with Crippen LogP contribution in [0.1, 0.15) is 12.8 Å². The zero-order valence-corrected chi connectivity index (χ0v) is 10.8. The first kappa shape index (κ1) is 13.5. The summed E-state index contributed by atoms with van der Waals surface area (Å²) in [4.78, 5) is 22.4. The highest BCUT2D eigenvalue weighted by atomic mass is 79.9. The minimum Gasteiger partial charge on any atom is -0.399 e. The monoisotopic (exact) mass is 299 g/mol. The van der Waals surface area contributed by atoms with Gasteiger partial charge in [-0.3, -0.25) is 14.9 Å². The highest BCUT2D eigenvalue weighted by molar-refractivity contribution is 8.93. The van der Waals surface area contributed by atoms with Gasteiger partial charge in [0.1, 0.15) is 6.04 Å². The maximum Gasteiger partial charge on any atom is 0.249 e. The second kappa shape index (κ2) is 5.67. The Bertz CT molecular complexity index is 436. The van der Waals surface area contributed by atoms with E-state index in [1.165, 1.54) is 0 Å². The van der Waals surface area contributed by atoms with Crippen LogP contribution in [0.25, 0.3) is 0 Å². The number of benzene rings is 1. The van der Waals surface area contributed by atoms with Crippen LogP contribution in [0.3, 0.4) is 0 Å². The standard InChI is InChI=1S/C11H13N3O2.BrH/c12-7-2-1-3-8(6-7)13-9-4-5-10(15)14-11(9)16;/h1-3,6,9,13H,4-5,12H2,(H,14,15,16);1H. The predicted octanol–water partition coefficient (Wildman–Crippen LogP) is 1.06. The van der Waals surface area contributed by atoms with Crippen LogP contribution in [0.4, 0.5) is 11.4 Å². The van der Waals surface area contributed by atoms with Crippen molar-refractivity contribution in [1.82, 2.24) is 5.32 Å². The number of nitrogen functional groups attached to an aromatic ring is 1. The van der Waals surface area contributed by atoms with Crippen molar-refractivity contribution in [2.45, 2.75) is 18.9 Å². The SMILES string of the molecule is Br.Nc1cccc(NC2CCC(=O)NC2=O)c1. The quantitative estimate of drug-likeness (QED) is 0.563. The minimum absolute atomic E-state index is 0. The minimum atomic E-state index is -0.362. The molecule has 1 unspecified atom stereocenters. The summed E-state index contributed by atoms with van der Waals surface area (Å²) in [7, 11) is 0. The van der Waals surface area contributed by atoms with Crippen molar-refractivity contribution in [3.05, 3.63) is 24.3 Å². The van der Waals surface area contributed by atoms with Gasteiger partial charge in [-0.1, -0.05) is 6.07 Å². The molecule has 0 radical (unpaired) electrons. The van der Waals surface area contributed by atoms with Crippen LogP contribution < -0.4 is 16.4 Å². The Balaban J connectivity index is 0.00000144. The van der Waals surface area contributed by atoms with E-state index < -0.39 is 0 Å². The molecule has 1 aliphatic rings. The molecule has 0 bridgehead atoms. The van der Waals surface area contributed by atoms with Gasteiger partial charge in [0.15, 0.2) is 0 Å². The van der Waals surface area contributed by atoms with Crippen LogP contribution in [0.2, 0.25) is 0 Å². The molecule has 1 aromatic rings. The first-order chi connectivity index (χ1) is 7.65. The molecular weight excluding hydrogens is 286 g/mol. The van der Waals surface area contributed by atoms with Gasteiger partial charge in [-0.2, -0.15) is 0 Å². The number of carbonyl (C=O) groups excluding carboxylic acids is 2. The summed E-state index contributed by atoms with van der Waals surface area (Å²) in [5.41, 5.74) is 7.05. The van der Waals surface area contributed by atoms with Gasteiger partial charge in [0.2, 0.25) is 11.8 Å². The summed E-state index contributed by atoms with van der Waals surface area (Å²) in [5.74, 6) is -0.491. The molecule has 0 saturated carbocycles. The molecular formula is C11H14BrN3O2. The van der Waals surface area contributed by atoms with E-state index in [2.05, 4.69) is 10.6 Å². The Morgan fingerprint density at radius 2 is 2.12 bits per heavy atom. The summed E-state index contributed by atoms with van der Waals surface area (Å²) >= 11 is 0. The van der Waals surface area contributed by atoms with E-state index in [4.69, 9.17) is 5.73 Å². The molecule has 0 aromatic heterocycles. The molecule has 1 aromatic carbocycles. The van der Waals surface area contributed by atoms with E-state index in [9.17, 15) is 9.59 Å². The van der Waals surface area contributed by atoms with E-state index >= 15 is 0 Å². The fourth-order valence-corrected chi connectivity index (χ4v) is 1.66. The molecule has 0 aliphatic carbocycles. The van der Waals surface area contributed by atoms with Crippen molar-refractivity contribution in [1.29, 1.82) is 0 Å². The number of imide groups is 1. The topological polar surface area (TPSA) is 84.2 Å². The molecule has 2 amide bonds. The van der Waals surface area contributed by atoms with Crippen LogP contribution >= 0.6 is 17.0 Å². The van der Waals surface area contributed by atoms with E-state index in [0.29, 0.717) is 18.5 Å². The number of rotatable bonds is 2. The van der Waals surface area contributed by atoms with Gasteiger partial charge in [0.25, 0.3) is 0 Å². The lowest BCUT2D eigenvalue weighted by atomic mass is 10.1. The molecule has 6 heteroatoms. The van der Waals surface area contributed by atoms with Crippen LogP contribution in [0, 0.1) is 0 Å². The van der Waals surface area contributed by atoms with Gasteiger partial charge >= 0.3 is 0 Å². The van der Waals surface area contributed by atoms with Gasteiger partial charge < -0.3 is 11.1 Å². The van der Waals surface area contributed by atoms with E-state index in [1.54, 1.807) is 12.1 Å². The molecule has 1 aliphatic heterocycles. The van der Waals surface area contributed by atoms with Gasteiger partial charge in [-0.05, 0) is 24.6 Å². The van der Waals surface area contributed by atoms with E-state index in [1.807, 2.05) is 12.1 Å². The fourth-order valence-electron chi connectivity index (χ4n) is 1.66. The van der Waals surface area contributed by atoms with Gasteiger partial charge in [0.05, 0.1) is 0 Å². The fraction of sp³-hybridized carbons (Fsp3) is 0.273. The normalized spacial score (nSPS) is 19.2. The first-order valence-electron chi connectivity index (χ1n) is 5.11. The maximum atomic E-state index is 11.5. The number of nitrogens with one attached hydrogen (secondary N) is 2. The molecule has 4 N–H and O–H groups in total. The van der Waals surface area contributed by atoms with Crippen molar-refractivity contribution in [2.75, 3.05) is 11.1 Å². The Hall–Kier alpha value is -1.56. The van der Waals surface area contributed by atoms with Crippen molar-refractivity contribution < 1.29 is 9.59 Å². The predicted molar refractivity (Wildman–Crippen MR) is 71.0 cm³/mol. The van der Waals surface area contributed by atoms with Gasteiger partial charge in [-0.25, -0.2) is 0 Å². The first-order valence-corrected chi connectivity index (χ1v) is 5.11. The van der Waals surface area contributed by atoms with Crippen molar-refractivity contribution in [3.8, 4) is 0 Å². The third-order valence-corrected chi connectivity index (χ3v) is 2.47. The third kappa shape index (κ3) is 3.45. The lowest BCUT2D eigenvalue weighted by molar-refractivity contribution is -0.133. The molecule has 5 nitrogen and oxygen atoms in total. The number of amides is 2. The Kier molecular flexibility index (Phi) is 4.51. The zero-order valence-electron chi connectivity index (χ0n) is 9.10. The average Bonchev–Trinajstić information content (AvgIpc) is 2.22. The summed E-state index contributed by atoms with van der Waals surface area (Å²) in [6, 6.07) is 6.81. The molecule has 1 atom stereocenters. The zero-order chi connectivity index (χ0) is 11.5. The van der Waals surface area contributed by atoms with E-state index in [0.717, 1.165) is 5.69 Å². The van der Waals surface area contributed by atoms with Crippen LogP contribution in [0.15, 0.2) is 24.3 Å². The Morgan fingerprint density at radius 1 is 1.35 bits per heavy atom. The number of carbonyl (C=O) groups is 2. The summed E-state index contributed by atoms with van der Waals surface area (Å²) < 4.78 is 0. The highest BCUT2D eigenvalue weighted by Crippen LogP contribution is 2.16. The second-order valence-corrected chi connectivity index (χ2v) is 3.77. The van der Waals surface area contributed by atoms with Crippen molar-refractivity contribution in [2.24, 2.45) is 0 Å². The molecule has 92 valence electrons. The number of nitrogens with two attached hydrogens (primary N) is 1. The number of hydrogen-bond donors (Lipinski definition) is 3. The van der Waals surface area contributed by atoms with Crippen molar-refractivity contribution >= 4 is 40.2 Å². The highest BCUT2D eigenvalue weighted by Gasteiger charge is 2.26. The van der Waals surface area contributed by atoms with Crippen LogP contribution in [0.5, 0.6) is 0 Å². The Labute approximate surface area is 110 Å². The summed E-state index contributed by atoms with van der Waals surface area (Å²) in [6.07, 6.45) is 0.880. The molecule has 1 fully saturated rings. The second-order valence-electron chi connectivity index (χ2n) is 3.77. The maximum absolute atomic E-state index is 11.5. The third-order valence-electron chi connectivity index (χ3n) is 2.47. The largest absolute Gasteiger partial charge is 0.399 e. The lowest BCUT2D eigenvalue weighted by Gasteiger charge is -2.22. The molecule has 1 heterocycles. The summed E-state index contributed by atoms with van der Waals surface area (Å²) in [6.45, 7) is 0. The van der Waals surface area contributed by atoms with Crippen LogP contribution in [-0.4, -0.2) is 17.9 Å².